The van der Waals surface area contributed by atoms with Crippen LogP contribution >= 0.6 is 0 Å². The molecule has 0 N–H and O–H groups in total. The van der Waals surface area contributed by atoms with E-state index in [1.807, 2.05) is 67.3 Å². The Labute approximate surface area is 184 Å². The molecule has 0 aliphatic carbocycles. The van der Waals surface area contributed by atoms with Gasteiger partial charge in [0, 0.05) is 36.7 Å². The van der Waals surface area contributed by atoms with Gasteiger partial charge in [-0.1, -0.05) is 60.7 Å². The Hall–Kier alpha value is -3.34. The Balaban J connectivity index is 1.50. The monoisotopic (exact) mass is 415 g/mol. The van der Waals surface area contributed by atoms with Crippen molar-refractivity contribution in [3.05, 3.63) is 95.3 Å². The lowest BCUT2D eigenvalue weighted by Gasteiger charge is -2.42. The molecule has 5 nitrogen and oxygen atoms in total. The minimum Gasteiger partial charge on any atom is -0.445 e. The maximum absolute atomic E-state index is 13.0. The maximum Gasteiger partial charge on any atom is 0.410 e. The zero-order valence-electron chi connectivity index (χ0n) is 18.2. The van der Waals surface area contributed by atoms with E-state index in [-0.39, 0.29) is 12.1 Å². The zero-order valence-corrected chi connectivity index (χ0v) is 18.2. The highest BCUT2D eigenvalue weighted by atomic mass is 16.6. The van der Waals surface area contributed by atoms with E-state index in [0.29, 0.717) is 13.2 Å². The average molecular weight is 416 g/mol. The second kappa shape index (κ2) is 9.65. The number of nitrogens with zero attached hydrogens (tertiary/aromatic N) is 3. The summed E-state index contributed by atoms with van der Waals surface area (Å²) in [7, 11) is 0. The van der Waals surface area contributed by atoms with Crippen molar-refractivity contribution < 1.29 is 9.53 Å². The molecule has 5 heteroatoms. The molecule has 1 amide bonds. The number of hydrogen-bond donors (Lipinski definition) is 0. The number of hydrogen-bond acceptors (Lipinski definition) is 4. The van der Waals surface area contributed by atoms with Crippen molar-refractivity contribution in [3.63, 3.8) is 0 Å². The van der Waals surface area contributed by atoms with Crippen molar-refractivity contribution in [2.45, 2.75) is 32.9 Å². The number of aromatic nitrogens is 1. The first kappa shape index (κ1) is 20.9. The number of pyridine rings is 1. The standard InChI is InChI=1S/C26H29N3O2/c1-20-15-24(16-21(2)27-20)28-13-14-29(25(18-28)17-22-9-5-3-6-10-22)26(30)31-19-23-11-7-4-8-12-23/h3-12,15-16,25H,13-14,17-19H2,1-2H3/t25-/m0/s1. The average Bonchev–Trinajstić information content (AvgIpc) is 2.78. The summed E-state index contributed by atoms with van der Waals surface area (Å²) in [5, 5.41) is 0. The highest BCUT2D eigenvalue weighted by Crippen LogP contribution is 2.23. The van der Waals surface area contributed by atoms with Crippen LogP contribution in [-0.2, 0) is 17.8 Å². The van der Waals surface area contributed by atoms with Gasteiger partial charge in [0.2, 0.25) is 0 Å². The lowest BCUT2D eigenvalue weighted by Crippen LogP contribution is -2.56. The second-order valence-corrected chi connectivity index (χ2v) is 8.13. The molecule has 1 fully saturated rings. The minimum atomic E-state index is -0.244. The highest BCUT2D eigenvalue weighted by molar-refractivity contribution is 5.69. The van der Waals surface area contributed by atoms with Gasteiger partial charge in [0.15, 0.2) is 0 Å². The lowest BCUT2D eigenvalue weighted by molar-refractivity contribution is 0.0760. The van der Waals surface area contributed by atoms with E-state index in [9.17, 15) is 4.79 Å². The van der Waals surface area contributed by atoms with Crippen LogP contribution in [0.5, 0.6) is 0 Å². The van der Waals surface area contributed by atoms with Crippen molar-refractivity contribution in [2.75, 3.05) is 24.5 Å². The molecule has 1 aliphatic heterocycles. The smallest absolute Gasteiger partial charge is 0.410 e. The number of carbonyl (C=O) groups excluding carboxylic acids is 1. The minimum absolute atomic E-state index is 0.0354. The van der Waals surface area contributed by atoms with Crippen molar-refractivity contribution in [2.24, 2.45) is 0 Å². The van der Waals surface area contributed by atoms with Crippen molar-refractivity contribution >= 4 is 11.8 Å². The fraction of sp³-hybridized carbons (Fsp3) is 0.308. The Kier molecular flexibility index (Phi) is 6.51. The number of ether oxygens (including phenoxy) is 1. The fourth-order valence-corrected chi connectivity index (χ4v) is 4.19. The van der Waals surface area contributed by atoms with Gasteiger partial charge in [-0.2, -0.15) is 0 Å². The normalized spacial score (nSPS) is 16.3. The van der Waals surface area contributed by atoms with Gasteiger partial charge >= 0.3 is 6.09 Å². The molecule has 0 radical (unpaired) electrons. The molecule has 1 saturated heterocycles. The second-order valence-electron chi connectivity index (χ2n) is 8.13. The molecule has 2 heterocycles. The highest BCUT2D eigenvalue weighted by Gasteiger charge is 2.32. The van der Waals surface area contributed by atoms with Gasteiger partial charge < -0.3 is 14.5 Å². The van der Waals surface area contributed by atoms with E-state index in [0.717, 1.165) is 36.5 Å². The third-order valence-electron chi connectivity index (χ3n) is 5.67. The maximum atomic E-state index is 13.0. The lowest BCUT2D eigenvalue weighted by atomic mass is 10.0. The van der Waals surface area contributed by atoms with Crippen molar-refractivity contribution in [1.82, 2.24) is 9.88 Å². The first-order chi connectivity index (χ1) is 15.1. The molecular formula is C26H29N3O2. The van der Waals surface area contributed by atoms with E-state index in [2.05, 4.69) is 34.1 Å². The number of amides is 1. The number of aryl methyl sites for hydroxylation is 2. The quantitative estimate of drug-likeness (QED) is 0.602. The van der Waals surface area contributed by atoms with Crippen LogP contribution < -0.4 is 4.90 Å². The van der Waals surface area contributed by atoms with Gasteiger partial charge in [0.05, 0.1) is 6.04 Å². The van der Waals surface area contributed by atoms with Crippen molar-refractivity contribution in [1.29, 1.82) is 0 Å². The van der Waals surface area contributed by atoms with E-state index < -0.39 is 0 Å². The molecule has 2 aromatic carbocycles. The van der Waals surface area contributed by atoms with Crippen molar-refractivity contribution in [3.8, 4) is 0 Å². The molecule has 4 rings (SSSR count). The summed E-state index contributed by atoms with van der Waals surface area (Å²) in [5.74, 6) is 0. The van der Waals surface area contributed by atoms with Gasteiger partial charge in [-0.15, -0.1) is 0 Å². The van der Waals surface area contributed by atoms with Crippen LogP contribution in [0, 0.1) is 13.8 Å². The molecule has 0 bridgehead atoms. The summed E-state index contributed by atoms with van der Waals surface area (Å²) < 4.78 is 5.67. The summed E-state index contributed by atoms with van der Waals surface area (Å²) in [4.78, 5) is 21.8. The Morgan fingerprint density at radius 3 is 2.19 bits per heavy atom. The van der Waals surface area contributed by atoms with E-state index >= 15 is 0 Å². The van der Waals surface area contributed by atoms with Gasteiger partial charge in [0.25, 0.3) is 0 Å². The Morgan fingerprint density at radius 2 is 1.55 bits per heavy atom. The first-order valence-electron chi connectivity index (χ1n) is 10.8. The summed E-state index contributed by atoms with van der Waals surface area (Å²) in [5.41, 5.74) is 5.41. The summed E-state index contributed by atoms with van der Waals surface area (Å²) in [6, 6.07) is 24.4. The van der Waals surface area contributed by atoms with Crippen LogP contribution in [0.25, 0.3) is 0 Å². The van der Waals surface area contributed by atoms with Crippen LogP contribution in [0.15, 0.2) is 72.8 Å². The number of anilines is 1. The first-order valence-corrected chi connectivity index (χ1v) is 10.8. The molecule has 160 valence electrons. The SMILES string of the molecule is Cc1cc(N2CCN(C(=O)OCc3ccccc3)[C@@H](Cc3ccccc3)C2)cc(C)n1. The topological polar surface area (TPSA) is 45.7 Å². The van der Waals surface area contributed by atoms with E-state index in [1.165, 1.54) is 11.3 Å². The zero-order chi connectivity index (χ0) is 21.6. The predicted molar refractivity (Wildman–Crippen MR) is 123 cm³/mol. The van der Waals surface area contributed by atoms with E-state index in [4.69, 9.17) is 4.74 Å². The molecule has 1 aromatic heterocycles. The molecule has 0 saturated carbocycles. The number of piperazine rings is 1. The molecule has 0 unspecified atom stereocenters. The summed E-state index contributed by atoms with van der Waals surface area (Å²) in [6.07, 6.45) is 0.549. The summed E-state index contributed by atoms with van der Waals surface area (Å²) in [6.45, 7) is 6.50. The third kappa shape index (κ3) is 5.43. The molecule has 0 spiro atoms. The largest absolute Gasteiger partial charge is 0.445 e. The van der Waals surface area contributed by atoms with Gasteiger partial charge in [-0.05, 0) is 43.5 Å². The molecule has 3 aromatic rings. The van der Waals surface area contributed by atoms with Gasteiger partial charge in [0.1, 0.15) is 6.61 Å². The van der Waals surface area contributed by atoms with Crippen LogP contribution in [0.4, 0.5) is 10.5 Å². The van der Waals surface area contributed by atoms with Gasteiger partial charge in [-0.3, -0.25) is 4.98 Å². The molecular weight excluding hydrogens is 386 g/mol. The van der Waals surface area contributed by atoms with Crippen LogP contribution in [0.3, 0.4) is 0 Å². The Bertz CT molecular complexity index is 987. The number of benzene rings is 2. The fourth-order valence-electron chi connectivity index (χ4n) is 4.19. The predicted octanol–water partition coefficient (Wildman–Crippen LogP) is 4.77. The van der Waals surface area contributed by atoms with Gasteiger partial charge in [-0.25, -0.2) is 4.79 Å². The third-order valence-corrected chi connectivity index (χ3v) is 5.67. The number of carbonyl (C=O) groups is 1. The molecule has 31 heavy (non-hydrogen) atoms. The molecule has 1 aliphatic rings. The van der Waals surface area contributed by atoms with Crippen LogP contribution in [0.2, 0.25) is 0 Å². The van der Waals surface area contributed by atoms with E-state index in [1.54, 1.807) is 0 Å². The molecule has 1 atom stereocenters. The number of rotatable bonds is 5. The Morgan fingerprint density at radius 1 is 0.935 bits per heavy atom. The van der Waals surface area contributed by atoms with Crippen LogP contribution in [0.1, 0.15) is 22.5 Å². The summed E-state index contributed by atoms with van der Waals surface area (Å²) >= 11 is 0. The van der Waals surface area contributed by atoms with Crippen LogP contribution in [-0.4, -0.2) is 41.7 Å².